The molecule has 0 bridgehead atoms. The molecule has 1 aliphatic heterocycles. The number of aliphatic hydroxyl groups excluding tert-OH is 1. The molecule has 1 fully saturated rings. The molecule has 1 heterocycles. The summed E-state index contributed by atoms with van der Waals surface area (Å²) in [6.07, 6.45) is 0.620. The van der Waals surface area contributed by atoms with Gasteiger partial charge in [0.05, 0.1) is 7.11 Å². The zero-order valence-electron chi connectivity index (χ0n) is 12.6. The van der Waals surface area contributed by atoms with Gasteiger partial charge in [0.2, 0.25) is 0 Å². The first-order valence-corrected chi connectivity index (χ1v) is 9.39. The molecule has 1 saturated heterocycles. The van der Waals surface area contributed by atoms with Crippen LogP contribution in [-0.2, 0) is 4.08 Å². The van der Waals surface area contributed by atoms with E-state index in [9.17, 15) is 5.11 Å². The first kappa shape index (κ1) is 15.8. The van der Waals surface area contributed by atoms with E-state index >= 15 is 0 Å². The van der Waals surface area contributed by atoms with Crippen molar-refractivity contribution in [2.24, 2.45) is 0 Å². The lowest BCUT2D eigenvalue weighted by atomic mass is 10.00. The third-order valence-electron chi connectivity index (χ3n) is 3.87. The smallest absolute Gasteiger partial charge is 0.119 e. The third-order valence-corrected chi connectivity index (χ3v) is 7.34. The second kappa shape index (κ2) is 6.99. The number of hydrogen-bond donors (Lipinski definition) is 1. The molecule has 0 saturated carbocycles. The first-order chi connectivity index (χ1) is 10.8. The number of ether oxygens (including phenoxy) is 1. The van der Waals surface area contributed by atoms with Crippen molar-refractivity contribution < 1.29 is 9.84 Å². The standard InChI is InChI=1S/C18H20O2S2/c1-20-16-10-5-7-14(13-16)17(19)18(21-11-6-12-22-18)15-8-3-2-4-9-15/h2-5,7-10,13,17,19H,6,11-12H2,1H3. The van der Waals surface area contributed by atoms with Gasteiger partial charge in [-0.3, -0.25) is 0 Å². The van der Waals surface area contributed by atoms with Gasteiger partial charge in [0.25, 0.3) is 0 Å². The molecule has 0 radical (unpaired) electrons. The fraction of sp³-hybridized carbons (Fsp3) is 0.333. The zero-order chi connectivity index (χ0) is 15.4. The summed E-state index contributed by atoms with van der Waals surface area (Å²) in [5.74, 6) is 2.93. The Hall–Kier alpha value is -1.10. The average Bonchev–Trinajstić information content (AvgIpc) is 2.62. The highest BCUT2D eigenvalue weighted by molar-refractivity contribution is 8.18. The van der Waals surface area contributed by atoms with Crippen molar-refractivity contribution in [1.82, 2.24) is 0 Å². The molecule has 1 aliphatic rings. The number of methoxy groups -OCH3 is 1. The van der Waals surface area contributed by atoms with Gasteiger partial charge < -0.3 is 9.84 Å². The summed E-state index contributed by atoms with van der Waals surface area (Å²) in [4.78, 5) is 0. The van der Waals surface area contributed by atoms with Crippen molar-refractivity contribution in [2.45, 2.75) is 16.6 Å². The van der Waals surface area contributed by atoms with Gasteiger partial charge in [-0.25, -0.2) is 0 Å². The zero-order valence-corrected chi connectivity index (χ0v) is 14.2. The first-order valence-electron chi connectivity index (χ1n) is 7.42. The molecule has 3 rings (SSSR count). The molecule has 22 heavy (non-hydrogen) atoms. The molecule has 116 valence electrons. The maximum atomic E-state index is 11.2. The van der Waals surface area contributed by atoms with Crippen LogP contribution in [0.2, 0.25) is 0 Å². The predicted octanol–water partition coefficient (Wildman–Crippen LogP) is 4.45. The topological polar surface area (TPSA) is 29.5 Å². The maximum Gasteiger partial charge on any atom is 0.119 e. The molecule has 2 aromatic rings. The lowest BCUT2D eigenvalue weighted by molar-refractivity contribution is 0.163. The summed E-state index contributed by atoms with van der Waals surface area (Å²) in [7, 11) is 1.66. The Morgan fingerprint density at radius 1 is 1.05 bits per heavy atom. The molecule has 1 N–H and O–H groups in total. The van der Waals surface area contributed by atoms with Gasteiger partial charge in [0, 0.05) is 0 Å². The van der Waals surface area contributed by atoms with Crippen LogP contribution in [0.5, 0.6) is 5.75 Å². The van der Waals surface area contributed by atoms with Gasteiger partial charge >= 0.3 is 0 Å². The summed E-state index contributed by atoms with van der Waals surface area (Å²) in [5, 5.41) is 11.2. The van der Waals surface area contributed by atoms with Crippen LogP contribution in [0.25, 0.3) is 0 Å². The van der Waals surface area contributed by atoms with Crippen molar-refractivity contribution in [3.05, 3.63) is 65.7 Å². The van der Waals surface area contributed by atoms with Crippen LogP contribution < -0.4 is 4.74 Å². The molecule has 0 spiro atoms. The summed E-state index contributed by atoms with van der Waals surface area (Å²) < 4.78 is 4.96. The van der Waals surface area contributed by atoms with E-state index < -0.39 is 6.10 Å². The molecule has 1 atom stereocenters. The summed E-state index contributed by atoms with van der Waals surface area (Å²) in [5.41, 5.74) is 2.09. The quantitative estimate of drug-likeness (QED) is 0.895. The van der Waals surface area contributed by atoms with Crippen LogP contribution in [0.15, 0.2) is 54.6 Å². The Morgan fingerprint density at radius 2 is 1.77 bits per heavy atom. The van der Waals surface area contributed by atoms with Crippen molar-refractivity contribution in [2.75, 3.05) is 18.6 Å². The minimum absolute atomic E-state index is 0.341. The second-order valence-corrected chi connectivity index (χ2v) is 8.20. The second-order valence-electron chi connectivity index (χ2n) is 5.26. The maximum absolute atomic E-state index is 11.2. The van der Waals surface area contributed by atoms with Crippen molar-refractivity contribution in [1.29, 1.82) is 0 Å². The Bertz CT molecular complexity index is 609. The molecule has 0 aliphatic carbocycles. The highest BCUT2D eigenvalue weighted by atomic mass is 32.2. The van der Waals surface area contributed by atoms with E-state index in [1.165, 1.54) is 12.0 Å². The molecule has 0 amide bonds. The largest absolute Gasteiger partial charge is 0.497 e. The molecular weight excluding hydrogens is 312 g/mol. The number of benzene rings is 2. The third kappa shape index (κ3) is 3.00. The summed E-state index contributed by atoms with van der Waals surface area (Å²) in [6, 6.07) is 18.1. The summed E-state index contributed by atoms with van der Waals surface area (Å²) >= 11 is 3.70. The fourth-order valence-electron chi connectivity index (χ4n) is 2.73. The number of hydrogen-bond acceptors (Lipinski definition) is 4. The lowest BCUT2D eigenvalue weighted by Gasteiger charge is -2.40. The van der Waals surface area contributed by atoms with Gasteiger partial charge in [-0.15, -0.1) is 23.5 Å². The number of rotatable bonds is 4. The number of thioether (sulfide) groups is 2. The van der Waals surface area contributed by atoms with E-state index in [1.54, 1.807) is 7.11 Å². The lowest BCUT2D eigenvalue weighted by Crippen LogP contribution is -2.30. The minimum atomic E-state index is -0.569. The molecular formula is C18H20O2S2. The Labute approximate surface area is 140 Å². The van der Waals surface area contributed by atoms with Crippen LogP contribution >= 0.6 is 23.5 Å². The van der Waals surface area contributed by atoms with Crippen LogP contribution in [0.4, 0.5) is 0 Å². The molecule has 0 aromatic heterocycles. The van der Waals surface area contributed by atoms with E-state index in [1.807, 2.05) is 66.0 Å². The Balaban J connectivity index is 2.01. The fourth-order valence-corrected chi connectivity index (χ4v) is 6.13. The van der Waals surface area contributed by atoms with Crippen LogP contribution in [-0.4, -0.2) is 23.7 Å². The van der Waals surface area contributed by atoms with Gasteiger partial charge in [0.15, 0.2) is 0 Å². The van der Waals surface area contributed by atoms with Crippen molar-refractivity contribution >= 4 is 23.5 Å². The SMILES string of the molecule is COc1cccc(C(O)C2(c3ccccc3)SCCCS2)c1. The van der Waals surface area contributed by atoms with E-state index in [4.69, 9.17) is 4.74 Å². The highest BCUT2D eigenvalue weighted by Crippen LogP contribution is 2.57. The van der Waals surface area contributed by atoms with E-state index in [-0.39, 0.29) is 4.08 Å². The van der Waals surface area contributed by atoms with Crippen LogP contribution in [0.1, 0.15) is 23.7 Å². The molecule has 1 unspecified atom stereocenters. The summed E-state index contributed by atoms with van der Waals surface area (Å²) in [6.45, 7) is 0. The highest BCUT2D eigenvalue weighted by Gasteiger charge is 2.43. The van der Waals surface area contributed by atoms with Gasteiger partial charge in [-0.2, -0.15) is 0 Å². The van der Waals surface area contributed by atoms with Crippen LogP contribution in [0.3, 0.4) is 0 Å². The van der Waals surface area contributed by atoms with E-state index in [0.29, 0.717) is 0 Å². The molecule has 2 aromatic carbocycles. The normalized spacial score (nSPS) is 18.6. The van der Waals surface area contributed by atoms with Crippen LogP contribution in [0, 0.1) is 0 Å². The monoisotopic (exact) mass is 332 g/mol. The van der Waals surface area contributed by atoms with Gasteiger partial charge in [0.1, 0.15) is 15.9 Å². The van der Waals surface area contributed by atoms with E-state index in [2.05, 4.69) is 12.1 Å². The van der Waals surface area contributed by atoms with Gasteiger partial charge in [-0.1, -0.05) is 42.5 Å². The van der Waals surface area contributed by atoms with Gasteiger partial charge in [-0.05, 0) is 41.2 Å². The van der Waals surface area contributed by atoms with E-state index in [0.717, 1.165) is 22.8 Å². The Kier molecular flexibility index (Phi) is 5.01. The molecule has 4 heteroatoms. The Morgan fingerprint density at radius 3 is 2.45 bits per heavy atom. The van der Waals surface area contributed by atoms with Crippen molar-refractivity contribution in [3.8, 4) is 5.75 Å². The number of aliphatic hydroxyl groups is 1. The minimum Gasteiger partial charge on any atom is -0.497 e. The van der Waals surface area contributed by atoms with Crippen molar-refractivity contribution in [3.63, 3.8) is 0 Å². The predicted molar refractivity (Wildman–Crippen MR) is 95.6 cm³/mol. The average molecular weight is 332 g/mol. The molecule has 2 nitrogen and oxygen atoms in total.